The minimum Gasteiger partial charge on any atom is -0.310 e. The van der Waals surface area contributed by atoms with Crippen LogP contribution in [0.4, 0.5) is 0 Å². The standard InChI is InChI=1S/C15H24N2/c1-11-5-6-12-7-8-16-14(13(12)9-11)10-17-15(2,3)4/h5-6,9,14,16-17H,7-8,10H2,1-4H3. The molecule has 1 atom stereocenters. The van der Waals surface area contributed by atoms with Gasteiger partial charge in [-0.1, -0.05) is 23.8 Å². The van der Waals surface area contributed by atoms with Gasteiger partial charge in [-0.25, -0.2) is 0 Å². The average Bonchev–Trinajstić information content (AvgIpc) is 2.25. The van der Waals surface area contributed by atoms with Gasteiger partial charge in [0, 0.05) is 18.1 Å². The molecule has 1 aromatic carbocycles. The normalized spacial score (nSPS) is 20.1. The van der Waals surface area contributed by atoms with Crippen LogP contribution in [0.2, 0.25) is 0 Å². The van der Waals surface area contributed by atoms with E-state index < -0.39 is 0 Å². The quantitative estimate of drug-likeness (QED) is 0.819. The summed E-state index contributed by atoms with van der Waals surface area (Å²) in [5, 5.41) is 7.20. The molecule has 0 radical (unpaired) electrons. The molecule has 0 aliphatic carbocycles. The third-order valence-corrected chi connectivity index (χ3v) is 3.30. The van der Waals surface area contributed by atoms with E-state index in [0.717, 1.165) is 19.5 Å². The lowest BCUT2D eigenvalue weighted by Gasteiger charge is -2.31. The molecule has 0 bridgehead atoms. The van der Waals surface area contributed by atoms with E-state index in [-0.39, 0.29) is 5.54 Å². The topological polar surface area (TPSA) is 24.1 Å². The Kier molecular flexibility index (Phi) is 3.55. The second-order valence-corrected chi connectivity index (χ2v) is 6.09. The number of rotatable bonds is 2. The average molecular weight is 232 g/mol. The summed E-state index contributed by atoms with van der Waals surface area (Å²) in [6.07, 6.45) is 1.15. The van der Waals surface area contributed by atoms with Crippen molar-refractivity contribution in [3.05, 3.63) is 34.9 Å². The van der Waals surface area contributed by atoms with Crippen LogP contribution in [0.1, 0.15) is 43.5 Å². The van der Waals surface area contributed by atoms with Crippen LogP contribution in [0.3, 0.4) is 0 Å². The van der Waals surface area contributed by atoms with Crippen LogP contribution in [-0.2, 0) is 6.42 Å². The molecule has 17 heavy (non-hydrogen) atoms. The van der Waals surface area contributed by atoms with Crippen molar-refractivity contribution in [1.29, 1.82) is 0 Å². The van der Waals surface area contributed by atoms with Gasteiger partial charge in [-0.05, 0) is 51.8 Å². The Morgan fingerprint density at radius 2 is 2.12 bits per heavy atom. The summed E-state index contributed by atoms with van der Waals surface area (Å²) in [6.45, 7) is 10.9. The van der Waals surface area contributed by atoms with Crippen molar-refractivity contribution < 1.29 is 0 Å². The summed E-state index contributed by atoms with van der Waals surface area (Å²) < 4.78 is 0. The molecule has 1 heterocycles. The Morgan fingerprint density at radius 1 is 1.35 bits per heavy atom. The molecule has 0 spiro atoms. The molecule has 1 aromatic rings. The molecular weight excluding hydrogens is 208 g/mol. The maximum Gasteiger partial charge on any atom is 0.0449 e. The van der Waals surface area contributed by atoms with Gasteiger partial charge in [-0.3, -0.25) is 0 Å². The van der Waals surface area contributed by atoms with Crippen LogP contribution in [0.15, 0.2) is 18.2 Å². The van der Waals surface area contributed by atoms with Gasteiger partial charge in [-0.2, -0.15) is 0 Å². The van der Waals surface area contributed by atoms with E-state index in [1.165, 1.54) is 16.7 Å². The first-order chi connectivity index (χ1) is 7.96. The van der Waals surface area contributed by atoms with Crippen molar-refractivity contribution in [2.75, 3.05) is 13.1 Å². The summed E-state index contributed by atoms with van der Waals surface area (Å²) in [6, 6.07) is 7.29. The third kappa shape index (κ3) is 3.30. The molecule has 2 rings (SSSR count). The maximum atomic E-state index is 3.61. The molecule has 2 nitrogen and oxygen atoms in total. The molecule has 0 saturated heterocycles. The van der Waals surface area contributed by atoms with Gasteiger partial charge < -0.3 is 10.6 Å². The number of aryl methyl sites for hydroxylation is 1. The zero-order valence-corrected chi connectivity index (χ0v) is 11.4. The second-order valence-electron chi connectivity index (χ2n) is 6.09. The molecule has 1 aliphatic heterocycles. The van der Waals surface area contributed by atoms with Crippen molar-refractivity contribution in [1.82, 2.24) is 10.6 Å². The van der Waals surface area contributed by atoms with Gasteiger partial charge in [-0.15, -0.1) is 0 Å². The Labute approximate surface area is 105 Å². The van der Waals surface area contributed by atoms with E-state index in [1.807, 2.05) is 0 Å². The third-order valence-electron chi connectivity index (χ3n) is 3.30. The summed E-state index contributed by atoms with van der Waals surface area (Å²) in [5.74, 6) is 0. The molecular formula is C15H24N2. The van der Waals surface area contributed by atoms with Gasteiger partial charge in [0.25, 0.3) is 0 Å². The summed E-state index contributed by atoms with van der Waals surface area (Å²) >= 11 is 0. The lowest BCUT2D eigenvalue weighted by molar-refractivity contribution is 0.375. The highest BCUT2D eigenvalue weighted by Crippen LogP contribution is 2.24. The summed E-state index contributed by atoms with van der Waals surface area (Å²) in [7, 11) is 0. The van der Waals surface area contributed by atoms with E-state index in [2.05, 4.69) is 56.5 Å². The SMILES string of the molecule is Cc1ccc2c(c1)C(CNC(C)(C)C)NCC2. The molecule has 94 valence electrons. The van der Waals surface area contributed by atoms with Crippen molar-refractivity contribution in [3.8, 4) is 0 Å². The van der Waals surface area contributed by atoms with Gasteiger partial charge in [0.15, 0.2) is 0 Å². The minimum absolute atomic E-state index is 0.184. The fourth-order valence-electron chi connectivity index (χ4n) is 2.35. The highest BCUT2D eigenvalue weighted by atomic mass is 15.0. The van der Waals surface area contributed by atoms with Crippen LogP contribution < -0.4 is 10.6 Å². The van der Waals surface area contributed by atoms with Crippen LogP contribution >= 0.6 is 0 Å². The lowest BCUT2D eigenvalue weighted by atomic mass is 9.92. The molecule has 0 fully saturated rings. The maximum absolute atomic E-state index is 3.61. The number of benzene rings is 1. The zero-order chi connectivity index (χ0) is 12.5. The highest BCUT2D eigenvalue weighted by molar-refractivity contribution is 5.36. The fraction of sp³-hybridized carbons (Fsp3) is 0.600. The minimum atomic E-state index is 0.184. The molecule has 0 saturated carbocycles. The van der Waals surface area contributed by atoms with Crippen LogP contribution in [-0.4, -0.2) is 18.6 Å². The molecule has 1 aliphatic rings. The number of hydrogen-bond acceptors (Lipinski definition) is 2. The molecule has 0 aromatic heterocycles. The van der Waals surface area contributed by atoms with Crippen LogP contribution in [0, 0.1) is 6.92 Å². The van der Waals surface area contributed by atoms with E-state index in [1.54, 1.807) is 0 Å². The van der Waals surface area contributed by atoms with Gasteiger partial charge in [0.1, 0.15) is 0 Å². The smallest absolute Gasteiger partial charge is 0.0449 e. The predicted molar refractivity (Wildman–Crippen MR) is 73.4 cm³/mol. The first kappa shape index (κ1) is 12.6. The van der Waals surface area contributed by atoms with Gasteiger partial charge >= 0.3 is 0 Å². The Hall–Kier alpha value is -0.860. The monoisotopic (exact) mass is 232 g/mol. The Morgan fingerprint density at radius 3 is 2.82 bits per heavy atom. The van der Waals surface area contributed by atoms with E-state index in [4.69, 9.17) is 0 Å². The van der Waals surface area contributed by atoms with Crippen molar-refractivity contribution in [2.45, 2.75) is 45.7 Å². The highest BCUT2D eigenvalue weighted by Gasteiger charge is 2.21. The fourth-order valence-corrected chi connectivity index (χ4v) is 2.35. The van der Waals surface area contributed by atoms with Gasteiger partial charge in [0.05, 0.1) is 0 Å². The summed E-state index contributed by atoms with van der Waals surface area (Å²) in [5.41, 5.74) is 4.53. The number of fused-ring (bicyclic) bond motifs is 1. The van der Waals surface area contributed by atoms with Crippen molar-refractivity contribution in [2.24, 2.45) is 0 Å². The van der Waals surface area contributed by atoms with Crippen LogP contribution in [0.5, 0.6) is 0 Å². The molecule has 2 N–H and O–H groups in total. The van der Waals surface area contributed by atoms with Crippen LogP contribution in [0.25, 0.3) is 0 Å². The number of hydrogen-bond donors (Lipinski definition) is 2. The Balaban J connectivity index is 2.14. The second kappa shape index (κ2) is 4.79. The van der Waals surface area contributed by atoms with Crippen molar-refractivity contribution in [3.63, 3.8) is 0 Å². The van der Waals surface area contributed by atoms with E-state index in [9.17, 15) is 0 Å². The Bertz CT molecular complexity index is 390. The largest absolute Gasteiger partial charge is 0.310 e. The first-order valence-corrected chi connectivity index (χ1v) is 6.53. The van der Waals surface area contributed by atoms with Crippen molar-refractivity contribution >= 4 is 0 Å². The van der Waals surface area contributed by atoms with E-state index >= 15 is 0 Å². The summed E-state index contributed by atoms with van der Waals surface area (Å²) in [4.78, 5) is 0. The van der Waals surface area contributed by atoms with E-state index in [0.29, 0.717) is 6.04 Å². The number of nitrogens with one attached hydrogen (secondary N) is 2. The lowest BCUT2D eigenvalue weighted by Crippen LogP contribution is -2.43. The predicted octanol–water partition coefficient (Wildman–Crippen LogP) is 2.57. The zero-order valence-electron chi connectivity index (χ0n) is 11.4. The molecule has 2 heteroatoms. The molecule has 0 amide bonds. The van der Waals surface area contributed by atoms with Gasteiger partial charge in [0.2, 0.25) is 0 Å². The first-order valence-electron chi connectivity index (χ1n) is 6.53. The molecule has 1 unspecified atom stereocenters.